The van der Waals surface area contributed by atoms with Crippen molar-refractivity contribution in [2.24, 2.45) is 0 Å². The molecule has 11 heteroatoms. The molecule has 0 aliphatic carbocycles. The largest absolute Gasteiger partial charge is 0.419 e. The van der Waals surface area contributed by atoms with E-state index in [4.69, 9.17) is 0 Å². The molecular formula is C22H15F4N3O3S. The number of fused-ring (bicyclic) bond motifs is 1. The zero-order chi connectivity index (χ0) is 23.8. The van der Waals surface area contributed by atoms with Crippen LogP contribution in [0, 0.1) is 5.82 Å². The molecule has 0 radical (unpaired) electrons. The number of alkyl halides is 3. The Morgan fingerprint density at radius 1 is 1.00 bits per heavy atom. The summed E-state index contributed by atoms with van der Waals surface area (Å²) in [6, 6.07) is 10.2. The number of nitrogens with one attached hydrogen (secondary N) is 1. The Labute approximate surface area is 185 Å². The van der Waals surface area contributed by atoms with Crippen LogP contribution in [0.2, 0.25) is 0 Å². The van der Waals surface area contributed by atoms with Gasteiger partial charge in [0.1, 0.15) is 11.5 Å². The van der Waals surface area contributed by atoms with Gasteiger partial charge in [0.2, 0.25) is 9.84 Å². The summed E-state index contributed by atoms with van der Waals surface area (Å²) in [5.74, 6) is -2.01. The number of imidazole rings is 1. The molecule has 33 heavy (non-hydrogen) atoms. The quantitative estimate of drug-likeness (QED) is 0.436. The van der Waals surface area contributed by atoms with E-state index in [2.05, 4.69) is 10.3 Å². The molecule has 0 saturated carbocycles. The van der Waals surface area contributed by atoms with Gasteiger partial charge in [-0.3, -0.25) is 4.79 Å². The lowest BCUT2D eigenvalue weighted by Crippen LogP contribution is -2.23. The molecule has 4 aromatic rings. The number of pyridine rings is 1. The molecule has 1 N–H and O–H groups in total. The molecule has 0 saturated heterocycles. The number of hydrogen-bond acceptors (Lipinski definition) is 4. The van der Waals surface area contributed by atoms with Crippen molar-refractivity contribution in [1.82, 2.24) is 14.7 Å². The van der Waals surface area contributed by atoms with Crippen LogP contribution in [0.4, 0.5) is 17.6 Å². The number of sulfone groups is 1. The van der Waals surface area contributed by atoms with E-state index in [0.717, 1.165) is 0 Å². The van der Waals surface area contributed by atoms with E-state index in [1.807, 2.05) is 0 Å². The van der Waals surface area contributed by atoms with Gasteiger partial charge in [0.05, 0.1) is 20.9 Å². The van der Waals surface area contributed by atoms with E-state index in [1.165, 1.54) is 24.3 Å². The van der Waals surface area contributed by atoms with Crippen molar-refractivity contribution in [3.63, 3.8) is 0 Å². The summed E-state index contributed by atoms with van der Waals surface area (Å²) in [6.45, 7) is 0.107. The second kappa shape index (κ2) is 8.32. The SMILES string of the molecule is O=C(NCc1ccc(S(=O)(=O)c2ccc(C(F)(F)F)c(F)c2)cc1)c1ccc2nccn2c1. The van der Waals surface area contributed by atoms with Crippen LogP contribution in [-0.4, -0.2) is 23.7 Å². The average molecular weight is 477 g/mol. The van der Waals surface area contributed by atoms with Crippen LogP contribution in [-0.2, 0) is 22.6 Å². The predicted molar refractivity (Wildman–Crippen MR) is 110 cm³/mol. The number of hydrogen-bond donors (Lipinski definition) is 1. The molecule has 0 bridgehead atoms. The Hall–Kier alpha value is -3.73. The van der Waals surface area contributed by atoms with Crippen molar-refractivity contribution < 1.29 is 30.8 Å². The molecule has 0 aliphatic heterocycles. The van der Waals surface area contributed by atoms with Gasteiger partial charge in [-0.15, -0.1) is 0 Å². The summed E-state index contributed by atoms with van der Waals surface area (Å²) >= 11 is 0. The van der Waals surface area contributed by atoms with Crippen LogP contribution in [0.5, 0.6) is 0 Å². The number of benzene rings is 2. The molecular weight excluding hydrogens is 462 g/mol. The Kier molecular flexibility index (Phi) is 5.66. The fourth-order valence-corrected chi connectivity index (χ4v) is 4.43. The van der Waals surface area contributed by atoms with Crippen LogP contribution in [0.15, 0.2) is 83.0 Å². The van der Waals surface area contributed by atoms with Gasteiger partial charge in [0, 0.05) is 25.1 Å². The monoisotopic (exact) mass is 477 g/mol. The predicted octanol–water partition coefficient (Wildman–Crippen LogP) is 4.26. The first-order chi connectivity index (χ1) is 15.6. The maximum absolute atomic E-state index is 13.8. The van der Waals surface area contributed by atoms with Gasteiger partial charge in [0.15, 0.2) is 0 Å². The highest BCUT2D eigenvalue weighted by Gasteiger charge is 2.34. The molecule has 2 heterocycles. The summed E-state index contributed by atoms with van der Waals surface area (Å²) in [7, 11) is -4.23. The maximum Gasteiger partial charge on any atom is 0.419 e. The lowest BCUT2D eigenvalue weighted by Gasteiger charge is -2.11. The van der Waals surface area contributed by atoms with Crippen molar-refractivity contribution >= 4 is 21.4 Å². The van der Waals surface area contributed by atoms with Crippen LogP contribution >= 0.6 is 0 Å². The number of rotatable bonds is 5. The molecule has 0 fully saturated rings. The third kappa shape index (κ3) is 4.58. The van der Waals surface area contributed by atoms with Gasteiger partial charge in [-0.25, -0.2) is 17.8 Å². The molecule has 2 aromatic heterocycles. The normalized spacial score (nSPS) is 12.1. The first kappa shape index (κ1) is 22.5. The highest BCUT2D eigenvalue weighted by atomic mass is 32.2. The minimum Gasteiger partial charge on any atom is -0.348 e. The lowest BCUT2D eigenvalue weighted by atomic mass is 10.2. The number of carbonyl (C=O) groups excluding carboxylic acids is 1. The van der Waals surface area contributed by atoms with Crippen LogP contribution < -0.4 is 5.32 Å². The Morgan fingerprint density at radius 2 is 1.70 bits per heavy atom. The topological polar surface area (TPSA) is 80.5 Å². The highest BCUT2D eigenvalue weighted by molar-refractivity contribution is 7.91. The zero-order valence-corrected chi connectivity index (χ0v) is 17.5. The number of aromatic nitrogens is 2. The first-order valence-corrected chi connectivity index (χ1v) is 11.0. The second-order valence-electron chi connectivity index (χ2n) is 7.08. The lowest BCUT2D eigenvalue weighted by molar-refractivity contribution is -0.140. The summed E-state index contributed by atoms with van der Waals surface area (Å²) in [4.78, 5) is 15.6. The van der Waals surface area contributed by atoms with Gasteiger partial charge in [-0.2, -0.15) is 13.2 Å². The zero-order valence-electron chi connectivity index (χ0n) is 16.7. The van der Waals surface area contributed by atoms with Gasteiger partial charge in [-0.05, 0) is 48.0 Å². The van der Waals surface area contributed by atoms with Gasteiger partial charge in [0.25, 0.3) is 5.91 Å². The molecule has 170 valence electrons. The molecule has 0 spiro atoms. The van der Waals surface area contributed by atoms with E-state index < -0.39 is 32.3 Å². The van der Waals surface area contributed by atoms with E-state index in [1.54, 1.807) is 35.1 Å². The Balaban J connectivity index is 1.47. The minimum atomic E-state index is -4.93. The molecule has 4 rings (SSSR count). The van der Waals surface area contributed by atoms with Gasteiger partial charge in [-0.1, -0.05) is 12.1 Å². The Morgan fingerprint density at radius 3 is 2.36 bits per heavy atom. The summed E-state index contributed by atoms with van der Waals surface area (Å²) in [6.07, 6.45) is -0.000988. The van der Waals surface area contributed by atoms with E-state index in [0.29, 0.717) is 35.0 Å². The number of nitrogens with zero attached hydrogens (tertiary/aromatic N) is 2. The van der Waals surface area contributed by atoms with Crippen LogP contribution in [0.25, 0.3) is 5.65 Å². The standard InChI is InChI=1S/C22H15F4N3O3S/c23-19-11-17(6-7-18(19)22(24,25)26)33(31,32)16-4-1-14(2-5-16)12-28-21(30)15-3-8-20-27-9-10-29(20)13-15/h1-11,13H,12H2,(H,28,30). The average Bonchev–Trinajstić information content (AvgIpc) is 3.24. The van der Waals surface area contributed by atoms with Crippen LogP contribution in [0.1, 0.15) is 21.5 Å². The molecule has 1 amide bonds. The summed E-state index contributed by atoms with van der Waals surface area (Å²) in [5.41, 5.74) is 0.143. The third-order valence-electron chi connectivity index (χ3n) is 4.89. The number of halogens is 4. The van der Waals surface area contributed by atoms with Crippen molar-refractivity contribution in [1.29, 1.82) is 0 Å². The molecule has 0 aliphatic rings. The Bertz CT molecular complexity index is 1450. The molecule has 0 atom stereocenters. The third-order valence-corrected chi connectivity index (χ3v) is 6.66. The van der Waals surface area contributed by atoms with E-state index in [-0.39, 0.29) is 17.3 Å². The summed E-state index contributed by atoms with van der Waals surface area (Å²) < 4.78 is 79.0. The van der Waals surface area contributed by atoms with E-state index >= 15 is 0 Å². The fraction of sp³-hybridized carbons (Fsp3) is 0.0909. The fourth-order valence-electron chi connectivity index (χ4n) is 3.15. The van der Waals surface area contributed by atoms with Crippen molar-refractivity contribution in [3.8, 4) is 0 Å². The molecule has 6 nitrogen and oxygen atoms in total. The number of amides is 1. The molecule has 0 unspecified atom stereocenters. The number of carbonyl (C=O) groups is 1. The van der Waals surface area contributed by atoms with Crippen molar-refractivity contribution in [3.05, 3.63) is 95.7 Å². The van der Waals surface area contributed by atoms with Gasteiger partial charge < -0.3 is 9.72 Å². The molecule has 2 aromatic carbocycles. The maximum atomic E-state index is 13.8. The highest BCUT2D eigenvalue weighted by Crippen LogP contribution is 2.33. The van der Waals surface area contributed by atoms with Crippen molar-refractivity contribution in [2.45, 2.75) is 22.5 Å². The van der Waals surface area contributed by atoms with Crippen LogP contribution in [0.3, 0.4) is 0 Å². The smallest absolute Gasteiger partial charge is 0.348 e. The van der Waals surface area contributed by atoms with Gasteiger partial charge >= 0.3 is 6.18 Å². The van der Waals surface area contributed by atoms with Crippen molar-refractivity contribution in [2.75, 3.05) is 0 Å². The first-order valence-electron chi connectivity index (χ1n) is 9.47. The second-order valence-corrected chi connectivity index (χ2v) is 9.03. The minimum absolute atomic E-state index is 0.107. The summed E-state index contributed by atoms with van der Waals surface area (Å²) in [5, 5.41) is 2.71. The van der Waals surface area contributed by atoms with E-state index in [9.17, 15) is 30.8 Å².